The van der Waals surface area contributed by atoms with Crippen LogP contribution in [0.25, 0.3) is 11.3 Å². The SMILES string of the molecule is CC(C(N)=O)n1cncc1-c1cccc2c1NCCC2. The fraction of sp³-hybridized carbons (Fsp3) is 0.333. The number of hydrogen-bond donors (Lipinski definition) is 2. The standard InChI is InChI=1S/C15H18N4O/c1-10(15(16)20)19-9-17-8-13(19)12-6-2-4-11-5-3-7-18-14(11)12/h2,4,6,8-10,18H,3,5,7H2,1H3,(H2,16,20). The first-order chi connectivity index (χ1) is 9.68. The fourth-order valence-electron chi connectivity index (χ4n) is 2.68. The molecule has 3 N–H and O–H groups in total. The van der Waals surface area contributed by atoms with Gasteiger partial charge in [-0.1, -0.05) is 18.2 Å². The second-order valence-electron chi connectivity index (χ2n) is 5.13. The van der Waals surface area contributed by atoms with Gasteiger partial charge in [-0.25, -0.2) is 4.98 Å². The maximum atomic E-state index is 11.4. The molecule has 1 aliphatic heterocycles. The molecule has 0 aliphatic carbocycles. The maximum Gasteiger partial charge on any atom is 0.240 e. The zero-order valence-corrected chi connectivity index (χ0v) is 11.5. The quantitative estimate of drug-likeness (QED) is 0.895. The molecule has 5 nitrogen and oxygen atoms in total. The lowest BCUT2D eigenvalue weighted by molar-refractivity contribution is -0.120. The van der Waals surface area contributed by atoms with Crippen LogP contribution in [0.2, 0.25) is 0 Å². The predicted molar refractivity (Wildman–Crippen MR) is 78.4 cm³/mol. The van der Waals surface area contributed by atoms with Crippen LogP contribution in [0.15, 0.2) is 30.7 Å². The predicted octanol–water partition coefficient (Wildman–Crippen LogP) is 1.95. The number of nitrogens with one attached hydrogen (secondary N) is 1. The molecule has 0 radical (unpaired) electrons. The number of primary amides is 1. The number of rotatable bonds is 3. The highest BCUT2D eigenvalue weighted by Gasteiger charge is 2.19. The van der Waals surface area contributed by atoms with Crippen molar-refractivity contribution in [3.8, 4) is 11.3 Å². The Hall–Kier alpha value is -2.30. The normalized spacial score (nSPS) is 15.2. The van der Waals surface area contributed by atoms with E-state index in [9.17, 15) is 4.79 Å². The molecule has 20 heavy (non-hydrogen) atoms. The van der Waals surface area contributed by atoms with Crippen LogP contribution < -0.4 is 11.1 Å². The monoisotopic (exact) mass is 270 g/mol. The first-order valence-electron chi connectivity index (χ1n) is 6.86. The van der Waals surface area contributed by atoms with Crippen molar-refractivity contribution in [1.29, 1.82) is 0 Å². The maximum absolute atomic E-state index is 11.4. The van der Waals surface area contributed by atoms with Gasteiger partial charge in [-0.05, 0) is 25.3 Å². The van der Waals surface area contributed by atoms with E-state index in [-0.39, 0.29) is 5.91 Å². The molecule has 3 rings (SSSR count). The van der Waals surface area contributed by atoms with Gasteiger partial charge in [0.25, 0.3) is 0 Å². The highest BCUT2D eigenvalue weighted by Crippen LogP contribution is 2.34. The third kappa shape index (κ3) is 2.05. The lowest BCUT2D eigenvalue weighted by atomic mass is 9.98. The summed E-state index contributed by atoms with van der Waals surface area (Å²) < 4.78 is 1.83. The average Bonchev–Trinajstić information content (AvgIpc) is 2.94. The average molecular weight is 270 g/mol. The number of carbonyl (C=O) groups is 1. The molecule has 0 fully saturated rings. The minimum Gasteiger partial charge on any atom is -0.384 e. The molecule has 1 aromatic carbocycles. The largest absolute Gasteiger partial charge is 0.384 e. The van der Waals surface area contributed by atoms with E-state index in [0.29, 0.717) is 0 Å². The Morgan fingerprint density at radius 1 is 1.50 bits per heavy atom. The molecular weight excluding hydrogens is 252 g/mol. The van der Waals surface area contributed by atoms with E-state index in [1.807, 2.05) is 10.6 Å². The van der Waals surface area contributed by atoms with Gasteiger partial charge < -0.3 is 15.6 Å². The molecule has 104 valence electrons. The van der Waals surface area contributed by atoms with Crippen LogP contribution in [0.3, 0.4) is 0 Å². The van der Waals surface area contributed by atoms with Crippen LogP contribution in [0.4, 0.5) is 5.69 Å². The molecule has 0 bridgehead atoms. The smallest absolute Gasteiger partial charge is 0.240 e. The number of para-hydroxylation sites is 1. The van der Waals surface area contributed by atoms with Crippen LogP contribution in [-0.4, -0.2) is 22.0 Å². The second-order valence-corrected chi connectivity index (χ2v) is 5.13. The Morgan fingerprint density at radius 2 is 2.35 bits per heavy atom. The van der Waals surface area contributed by atoms with E-state index in [1.165, 1.54) is 5.56 Å². The van der Waals surface area contributed by atoms with Gasteiger partial charge in [-0.3, -0.25) is 4.79 Å². The third-order valence-electron chi connectivity index (χ3n) is 3.85. The molecular formula is C15H18N4O. The van der Waals surface area contributed by atoms with Gasteiger partial charge in [0, 0.05) is 17.8 Å². The van der Waals surface area contributed by atoms with E-state index in [4.69, 9.17) is 5.73 Å². The minimum absolute atomic E-state index is 0.359. The Morgan fingerprint density at radius 3 is 3.15 bits per heavy atom. The van der Waals surface area contributed by atoms with E-state index in [1.54, 1.807) is 19.4 Å². The number of nitrogens with zero attached hydrogens (tertiary/aromatic N) is 2. The number of carbonyl (C=O) groups excluding carboxylic acids is 1. The first kappa shape index (κ1) is 12.7. The van der Waals surface area contributed by atoms with Crippen molar-refractivity contribution >= 4 is 11.6 Å². The van der Waals surface area contributed by atoms with Crippen molar-refractivity contribution in [2.45, 2.75) is 25.8 Å². The van der Waals surface area contributed by atoms with Crippen LogP contribution in [-0.2, 0) is 11.2 Å². The summed E-state index contributed by atoms with van der Waals surface area (Å²) in [6.07, 6.45) is 5.67. The van der Waals surface area contributed by atoms with Crippen LogP contribution >= 0.6 is 0 Å². The Bertz CT molecular complexity index is 647. The molecule has 1 unspecified atom stereocenters. The topological polar surface area (TPSA) is 72.9 Å². The van der Waals surface area contributed by atoms with Crippen molar-refractivity contribution in [2.24, 2.45) is 5.73 Å². The number of benzene rings is 1. The lowest BCUT2D eigenvalue weighted by Crippen LogP contribution is -2.24. The van der Waals surface area contributed by atoms with E-state index in [2.05, 4.69) is 22.4 Å². The lowest BCUT2D eigenvalue weighted by Gasteiger charge is -2.22. The van der Waals surface area contributed by atoms with E-state index >= 15 is 0 Å². The molecule has 1 atom stereocenters. The summed E-state index contributed by atoms with van der Waals surface area (Å²) in [5.41, 5.74) is 9.87. The molecule has 5 heteroatoms. The van der Waals surface area contributed by atoms with Crippen molar-refractivity contribution in [2.75, 3.05) is 11.9 Å². The highest BCUT2D eigenvalue weighted by molar-refractivity contribution is 5.82. The molecule has 1 aliphatic rings. The summed E-state index contributed by atoms with van der Waals surface area (Å²) in [6.45, 7) is 2.76. The summed E-state index contributed by atoms with van der Waals surface area (Å²) >= 11 is 0. The zero-order valence-electron chi connectivity index (χ0n) is 11.5. The Balaban J connectivity index is 2.11. The van der Waals surface area contributed by atoms with Crippen molar-refractivity contribution in [1.82, 2.24) is 9.55 Å². The molecule has 2 aromatic rings. The minimum atomic E-state index is -0.410. The summed E-state index contributed by atoms with van der Waals surface area (Å²) in [5.74, 6) is -0.359. The summed E-state index contributed by atoms with van der Waals surface area (Å²) in [6, 6.07) is 5.83. The van der Waals surface area contributed by atoms with E-state index in [0.717, 1.165) is 36.3 Å². The van der Waals surface area contributed by atoms with Crippen molar-refractivity contribution in [3.05, 3.63) is 36.3 Å². The van der Waals surface area contributed by atoms with Gasteiger partial charge in [0.15, 0.2) is 0 Å². The van der Waals surface area contributed by atoms with Gasteiger partial charge in [0.2, 0.25) is 5.91 Å². The number of aryl methyl sites for hydroxylation is 1. The molecule has 1 amide bonds. The number of hydrogen-bond acceptors (Lipinski definition) is 3. The molecule has 0 spiro atoms. The molecule has 0 saturated carbocycles. The van der Waals surface area contributed by atoms with Gasteiger partial charge in [0.1, 0.15) is 6.04 Å². The summed E-state index contributed by atoms with van der Waals surface area (Å²) in [5, 5.41) is 3.46. The van der Waals surface area contributed by atoms with Crippen molar-refractivity contribution in [3.63, 3.8) is 0 Å². The second kappa shape index (κ2) is 5.00. The molecule has 1 aromatic heterocycles. The molecule has 2 heterocycles. The number of imidazole rings is 1. The number of fused-ring (bicyclic) bond motifs is 1. The summed E-state index contributed by atoms with van der Waals surface area (Å²) in [4.78, 5) is 15.6. The number of anilines is 1. The van der Waals surface area contributed by atoms with Crippen LogP contribution in [0.5, 0.6) is 0 Å². The van der Waals surface area contributed by atoms with Crippen LogP contribution in [0.1, 0.15) is 24.9 Å². The van der Waals surface area contributed by atoms with Gasteiger partial charge in [-0.2, -0.15) is 0 Å². The van der Waals surface area contributed by atoms with Gasteiger partial charge in [0.05, 0.1) is 18.2 Å². The number of amides is 1. The Kier molecular flexibility index (Phi) is 3.18. The van der Waals surface area contributed by atoms with E-state index < -0.39 is 6.04 Å². The molecule has 0 saturated heterocycles. The fourth-order valence-corrected chi connectivity index (χ4v) is 2.68. The highest BCUT2D eigenvalue weighted by atomic mass is 16.1. The number of aromatic nitrogens is 2. The zero-order chi connectivity index (χ0) is 14.1. The van der Waals surface area contributed by atoms with Crippen LogP contribution in [0, 0.1) is 0 Å². The van der Waals surface area contributed by atoms with Crippen molar-refractivity contribution < 1.29 is 4.79 Å². The van der Waals surface area contributed by atoms with Gasteiger partial charge >= 0.3 is 0 Å². The summed E-state index contributed by atoms with van der Waals surface area (Å²) in [7, 11) is 0. The Labute approximate surface area is 117 Å². The number of nitrogens with two attached hydrogens (primary N) is 1. The third-order valence-corrected chi connectivity index (χ3v) is 3.85. The first-order valence-corrected chi connectivity index (χ1v) is 6.86. The van der Waals surface area contributed by atoms with Gasteiger partial charge in [-0.15, -0.1) is 0 Å².